The Morgan fingerprint density at radius 1 is 1.18 bits per heavy atom. The Labute approximate surface area is 226 Å². The lowest BCUT2D eigenvalue weighted by molar-refractivity contribution is 0.0997. The number of carbonyl (C=O) groups excluding carboxylic acids is 1. The molecule has 1 amide bonds. The van der Waals surface area contributed by atoms with E-state index in [1.807, 2.05) is 18.2 Å². The van der Waals surface area contributed by atoms with Crippen molar-refractivity contribution in [1.29, 1.82) is 0 Å². The number of fused-ring (bicyclic) bond motifs is 1. The zero-order chi connectivity index (χ0) is 26.5. The quantitative estimate of drug-likeness (QED) is 0.321. The first-order chi connectivity index (χ1) is 18.4. The Balaban J connectivity index is 1.32. The number of nitrogens with one attached hydrogen (secondary N) is 1. The van der Waals surface area contributed by atoms with Crippen LogP contribution in [0.4, 0.5) is 11.6 Å². The van der Waals surface area contributed by atoms with Crippen LogP contribution in [0.25, 0.3) is 10.9 Å². The maximum Gasteiger partial charge on any atom is 0.268 e. The largest absolute Gasteiger partial charge is 0.493 e. The number of anilines is 2. The zero-order valence-electron chi connectivity index (χ0n) is 21.0. The SMILES string of the molecule is CN1CCC(COc2[c]cc3c(C(N)=O)nc(Nc4ccc(OCc5ccccn5)c(Cl)c4)nc3c2)CC1. The van der Waals surface area contributed by atoms with Crippen LogP contribution in [-0.4, -0.2) is 52.5 Å². The Morgan fingerprint density at radius 2 is 2.03 bits per heavy atom. The number of halogens is 1. The van der Waals surface area contributed by atoms with Gasteiger partial charge in [0.1, 0.15) is 23.8 Å². The van der Waals surface area contributed by atoms with Gasteiger partial charge in [0.25, 0.3) is 5.91 Å². The van der Waals surface area contributed by atoms with Gasteiger partial charge in [-0.1, -0.05) is 17.7 Å². The monoisotopic (exact) mass is 531 g/mol. The van der Waals surface area contributed by atoms with Gasteiger partial charge in [-0.05, 0) is 75.3 Å². The lowest BCUT2D eigenvalue weighted by Gasteiger charge is -2.28. The summed E-state index contributed by atoms with van der Waals surface area (Å²) in [5.41, 5.74) is 7.66. The number of nitrogens with two attached hydrogens (primary N) is 1. The summed E-state index contributed by atoms with van der Waals surface area (Å²) in [5, 5.41) is 4.01. The van der Waals surface area contributed by atoms with Gasteiger partial charge >= 0.3 is 0 Å². The minimum absolute atomic E-state index is 0.0945. The first-order valence-electron chi connectivity index (χ1n) is 12.4. The van der Waals surface area contributed by atoms with E-state index in [2.05, 4.69) is 38.3 Å². The summed E-state index contributed by atoms with van der Waals surface area (Å²) >= 11 is 6.44. The lowest BCUT2D eigenvalue weighted by Crippen LogP contribution is -2.32. The van der Waals surface area contributed by atoms with Crippen LogP contribution in [0.15, 0.2) is 54.7 Å². The molecule has 4 aromatic rings. The predicted octanol–water partition coefficient (Wildman–Crippen LogP) is 4.62. The van der Waals surface area contributed by atoms with Crippen molar-refractivity contribution in [2.75, 3.05) is 32.1 Å². The van der Waals surface area contributed by atoms with E-state index in [1.54, 1.807) is 36.5 Å². The van der Waals surface area contributed by atoms with Crippen LogP contribution in [0.2, 0.25) is 5.02 Å². The van der Waals surface area contributed by atoms with Gasteiger partial charge < -0.3 is 25.4 Å². The van der Waals surface area contributed by atoms with Crippen LogP contribution in [-0.2, 0) is 6.61 Å². The number of benzene rings is 2. The number of rotatable bonds is 9. The van der Waals surface area contributed by atoms with Gasteiger partial charge in [-0.25, -0.2) is 9.97 Å². The summed E-state index contributed by atoms with van der Waals surface area (Å²) in [6.45, 7) is 3.05. The Bertz CT molecular complexity index is 1430. The highest BCUT2D eigenvalue weighted by Gasteiger charge is 2.18. The third-order valence-electron chi connectivity index (χ3n) is 6.44. The van der Waals surface area contributed by atoms with Crippen molar-refractivity contribution in [3.8, 4) is 11.5 Å². The van der Waals surface area contributed by atoms with E-state index < -0.39 is 5.91 Å². The second-order valence-corrected chi connectivity index (χ2v) is 9.70. The van der Waals surface area contributed by atoms with Gasteiger partial charge in [-0.3, -0.25) is 9.78 Å². The van der Waals surface area contributed by atoms with Crippen LogP contribution in [0, 0.1) is 12.0 Å². The summed E-state index contributed by atoms with van der Waals surface area (Å²) in [7, 11) is 2.13. The molecule has 0 atom stereocenters. The van der Waals surface area contributed by atoms with E-state index in [4.69, 9.17) is 26.8 Å². The summed E-state index contributed by atoms with van der Waals surface area (Å²) < 4.78 is 11.8. The number of pyridine rings is 1. The molecule has 5 rings (SSSR count). The van der Waals surface area contributed by atoms with E-state index in [9.17, 15) is 4.79 Å². The molecule has 1 radical (unpaired) electrons. The average Bonchev–Trinajstić information content (AvgIpc) is 2.92. The number of likely N-dealkylation sites (tertiary alicyclic amines) is 1. The molecule has 1 aliphatic heterocycles. The smallest absolute Gasteiger partial charge is 0.268 e. The fourth-order valence-electron chi connectivity index (χ4n) is 4.27. The summed E-state index contributed by atoms with van der Waals surface area (Å²) in [6.07, 6.45) is 3.91. The molecule has 0 spiro atoms. The molecule has 1 fully saturated rings. The van der Waals surface area contributed by atoms with E-state index >= 15 is 0 Å². The molecule has 2 aromatic carbocycles. The van der Waals surface area contributed by atoms with Crippen molar-refractivity contribution < 1.29 is 14.3 Å². The minimum atomic E-state index is -0.662. The number of amides is 1. The van der Waals surface area contributed by atoms with Gasteiger partial charge in [0.05, 0.1) is 22.8 Å². The van der Waals surface area contributed by atoms with Crippen molar-refractivity contribution >= 4 is 40.0 Å². The molecule has 0 saturated carbocycles. The summed E-state index contributed by atoms with van der Waals surface area (Å²) in [6, 6.07) is 17.3. The number of hydrogen-bond donors (Lipinski definition) is 2. The molecule has 1 aliphatic rings. The minimum Gasteiger partial charge on any atom is -0.493 e. The van der Waals surface area contributed by atoms with Crippen LogP contribution in [0.3, 0.4) is 0 Å². The van der Waals surface area contributed by atoms with Crippen LogP contribution >= 0.6 is 11.6 Å². The van der Waals surface area contributed by atoms with Crippen molar-refractivity contribution in [2.24, 2.45) is 11.7 Å². The standard InChI is InChI=1S/C28H28ClN6O3/c1-35-12-9-18(10-13-35)16-37-21-6-7-22-24(15-21)33-28(34-26(22)27(30)36)32-19-5-8-25(23(29)14-19)38-17-20-4-2-3-11-31-20/h2-5,7-8,11,14-15,18H,9-10,12-13,16-17H2,1H3,(H2,30,36)(H,32,33,34). The van der Waals surface area contributed by atoms with E-state index in [0.717, 1.165) is 31.6 Å². The topological polar surface area (TPSA) is 115 Å². The number of nitrogens with zero attached hydrogens (tertiary/aromatic N) is 4. The van der Waals surface area contributed by atoms with Gasteiger partial charge in [0.15, 0.2) is 0 Å². The van der Waals surface area contributed by atoms with Crippen molar-refractivity contribution in [1.82, 2.24) is 19.9 Å². The maximum atomic E-state index is 12.2. The molecule has 0 aliphatic carbocycles. The number of hydrogen-bond acceptors (Lipinski definition) is 8. The Kier molecular flexibility index (Phi) is 7.86. The molecule has 2 aromatic heterocycles. The average molecular weight is 532 g/mol. The fraction of sp³-hybridized carbons (Fsp3) is 0.286. The fourth-order valence-corrected chi connectivity index (χ4v) is 4.51. The van der Waals surface area contributed by atoms with Gasteiger partial charge in [0.2, 0.25) is 5.95 Å². The molecular weight excluding hydrogens is 504 g/mol. The number of ether oxygens (including phenoxy) is 2. The normalized spacial score (nSPS) is 14.4. The molecule has 10 heteroatoms. The van der Waals surface area contributed by atoms with Gasteiger partial charge in [0, 0.05) is 29.4 Å². The number of piperidine rings is 1. The summed E-state index contributed by atoms with van der Waals surface area (Å²) in [4.78, 5) is 27.7. The van der Waals surface area contributed by atoms with Crippen LogP contribution in [0.5, 0.6) is 11.5 Å². The first kappa shape index (κ1) is 25.7. The zero-order valence-corrected chi connectivity index (χ0v) is 21.7. The number of aromatic nitrogens is 3. The van der Waals surface area contributed by atoms with E-state index in [1.165, 1.54) is 0 Å². The van der Waals surface area contributed by atoms with E-state index in [0.29, 0.717) is 52.2 Å². The van der Waals surface area contributed by atoms with Crippen molar-refractivity contribution in [3.05, 3.63) is 77.2 Å². The number of carbonyl (C=O) groups is 1. The lowest BCUT2D eigenvalue weighted by atomic mass is 9.98. The molecule has 3 heterocycles. The highest BCUT2D eigenvalue weighted by atomic mass is 35.5. The molecule has 3 N–H and O–H groups in total. The Hall–Kier alpha value is -3.95. The maximum absolute atomic E-state index is 12.2. The summed E-state index contributed by atoms with van der Waals surface area (Å²) in [5.74, 6) is 1.12. The van der Waals surface area contributed by atoms with Crippen LogP contribution in [0.1, 0.15) is 29.0 Å². The molecular formula is C28H28ClN6O3. The highest BCUT2D eigenvalue weighted by molar-refractivity contribution is 6.32. The molecule has 9 nitrogen and oxygen atoms in total. The molecule has 1 saturated heterocycles. The molecule has 0 unspecified atom stereocenters. The number of primary amides is 1. The van der Waals surface area contributed by atoms with Crippen molar-refractivity contribution in [3.63, 3.8) is 0 Å². The van der Waals surface area contributed by atoms with Gasteiger partial charge in [-0.2, -0.15) is 0 Å². The van der Waals surface area contributed by atoms with Crippen LogP contribution < -0.4 is 20.5 Å². The van der Waals surface area contributed by atoms with Gasteiger partial charge in [-0.15, -0.1) is 0 Å². The third kappa shape index (κ3) is 6.30. The predicted molar refractivity (Wildman–Crippen MR) is 146 cm³/mol. The van der Waals surface area contributed by atoms with Crippen molar-refractivity contribution in [2.45, 2.75) is 19.4 Å². The molecule has 195 valence electrons. The molecule has 0 bridgehead atoms. The third-order valence-corrected chi connectivity index (χ3v) is 6.73. The highest BCUT2D eigenvalue weighted by Crippen LogP contribution is 2.30. The van der Waals surface area contributed by atoms with E-state index in [-0.39, 0.29) is 11.6 Å². The second-order valence-electron chi connectivity index (χ2n) is 9.29. The Morgan fingerprint density at radius 3 is 2.76 bits per heavy atom. The first-order valence-corrected chi connectivity index (χ1v) is 12.8. The molecule has 38 heavy (non-hydrogen) atoms. The second kappa shape index (κ2) is 11.6.